The number of amides is 2. The molecule has 2 fully saturated rings. The Balaban J connectivity index is 1.17. The zero-order valence-electron chi connectivity index (χ0n) is 19.2. The molecule has 0 radical (unpaired) electrons. The third-order valence-corrected chi connectivity index (χ3v) is 7.54. The molecule has 0 N–H and O–H groups in total. The Kier molecular flexibility index (Phi) is 4.39. The van der Waals surface area contributed by atoms with Crippen molar-refractivity contribution in [2.45, 2.75) is 26.3 Å². The van der Waals surface area contributed by atoms with E-state index in [1.54, 1.807) is 30.2 Å². The van der Waals surface area contributed by atoms with Crippen LogP contribution < -0.4 is 9.80 Å². The second kappa shape index (κ2) is 7.06. The first kappa shape index (κ1) is 21.2. The molecular formula is C25H24ClN5O3. The molecule has 34 heavy (non-hydrogen) atoms. The van der Waals surface area contributed by atoms with E-state index in [4.69, 9.17) is 16.0 Å². The fraction of sp³-hybridized carbons (Fsp3) is 0.360. The molecule has 2 aromatic heterocycles. The third kappa shape index (κ3) is 2.98. The van der Waals surface area contributed by atoms with E-state index in [2.05, 4.69) is 14.9 Å². The monoisotopic (exact) mass is 477 g/mol. The highest BCUT2D eigenvalue weighted by molar-refractivity contribution is 6.31. The second-order valence-electron chi connectivity index (χ2n) is 10.1. The summed E-state index contributed by atoms with van der Waals surface area (Å²) in [5.41, 5.74) is 3.26. The van der Waals surface area contributed by atoms with Crippen molar-refractivity contribution in [3.8, 4) is 0 Å². The molecule has 0 unspecified atom stereocenters. The predicted molar refractivity (Wildman–Crippen MR) is 127 cm³/mol. The van der Waals surface area contributed by atoms with E-state index in [1.807, 2.05) is 37.1 Å². The number of rotatable bonds is 3. The van der Waals surface area contributed by atoms with Crippen LogP contribution in [0.5, 0.6) is 0 Å². The Morgan fingerprint density at radius 3 is 2.53 bits per heavy atom. The van der Waals surface area contributed by atoms with Gasteiger partial charge in [0.1, 0.15) is 5.76 Å². The van der Waals surface area contributed by atoms with E-state index in [-0.39, 0.29) is 17.2 Å². The molecular weight excluding hydrogens is 454 g/mol. The molecule has 2 amide bonds. The number of aromatic nitrogens is 2. The lowest BCUT2D eigenvalue weighted by atomic mass is 9.72. The molecule has 5 heterocycles. The summed E-state index contributed by atoms with van der Waals surface area (Å²) in [5, 5.41) is 0.617. The number of hydrogen-bond donors (Lipinski definition) is 0. The minimum atomic E-state index is -0.540. The molecule has 9 heteroatoms. The van der Waals surface area contributed by atoms with Crippen molar-refractivity contribution in [3.63, 3.8) is 0 Å². The first-order chi connectivity index (χ1) is 16.2. The number of likely N-dealkylation sites (tertiary alicyclic amines) is 1. The molecule has 0 atom stereocenters. The van der Waals surface area contributed by atoms with Gasteiger partial charge in [0.2, 0.25) is 0 Å². The third-order valence-electron chi connectivity index (χ3n) is 7.31. The summed E-state index contributed by atoms with van der Waals surface area (Å²) in [6, 6.07) is 7.44. The molecule has 2 saturated heterocycles. The van der Waals surface area contributed by atoms with Crippen molar-refractivity contribution in [2.75, 3.05) is 36.0 Å². The number of benzene rings is 1. The highest BCUT2D eigenvalue weighted by Gasteiger charge is 2.54. The first-order valence-electron chi connectivity index (χ1n) is 11.2. The van der Waals surface area contributed by atoms with Gasteiger partial charge in [-0.15, -0.1) is 0 Å². The number of carbonyl (C=O) groups excluding carboxylic acids is 2. The van der Waals surface area contributed by atoms with Crippen molar-refractivity contribution in [3.05, 3.63) is 70.7 Å². The Morgan fingerprint density at radius 1 is 1.09 bits per heavy atom. The fourth-order valence-corrected chi connectivity index (χ4v) is 5.74. The number of pyridine rings is 1. The van der Waals surface area contributed by atoms with E-state index in [1.165, 1.54) is 6.39 Å². The molecule has 3 aliphatic rings. The second-order valence-corrected chi connectivity index (χ2v) is 10.5. The van der Waals surface area contributed by atoms with Crippen LogP contribution in [0.1, 0.15) is 46.0 Å². The normalized spacial score (nSPS) is 19.8. The largest absolute Gasteiger partial charge is 0.448 e. The van der Waals surface area contributed by atoms with Gasteiger partial charge in [-0.2, -0.15) is 0 Å². The van der Waals surface area contributed by atoms with Crippen LogP contribution in [-0.2, 0) is 5.54 Å². The topological polar surface area (TPSA) is 82.8 Å². The van der Waals surface area contributed by atoms with Crippen molar-refractivity contribution in [2.24, 2.45) is 5.41 Å². The van der Waals surface area contributed by atoms with Crippen molar-refractivity contribution >= 4 is 34.8 Å². The highest BCUT2D eigenvalue weighted by Crippen LogP contribution is 2.45. The Labute approximate surface area is 202 Å². The van der Waals surface area contributed by atoms with Crippen LogP contribution in [-0.4, -0.2) is 52.9 Å². The van der Waals surface area contributed by atoms with Crippen LogP contribution >= 0.6 is 11.6 Å². The molecule has 8 nitrogen and oxygen atoms in total. The van der Waals surface area contributed by atoms with Crippen molar-refractivity contribution in [1.82, 2.24) is 14.9 Å². The van der Waals surface area contributed by atoms with Crippen LogP contribution in [0.15, 0.2) is 47.5 Å². The van der Waals surface area contributed by atoms with Gasteiger partial charge in [0.05, 0.1) is 29.3 Å². The van der Waals surface area contributed by atoms with Gasteiger partial charge >= 0.3 is 0 Å². The standard InChI is InChI=1S/C25H24ClN5O3/c1-15-21(28-14-34-15)23(33)30-12-25(13-30)10-29(11-25)17-7-18(9-27-8-17)31-22(32)19-5-4-16(26)6-20(19)24(31,2)3/h4-9,14H,10-13H2,1-3H3. The molecule has 174 valence electrons. The molecule has 0 aliphatic carbocycles. The van der Waals surface area contributed by atoms with Crippen molar-refractivity contribution in [1.29, 1.82) is 0 Å². The lowest BCUT2D eigenvalue weighted by Gasteiger charge is -2.60. The quantitative estimate of drug-likeness (QED) is 0.569. The number of fused-ring (bicyclic) bond motifs is 1. The molecule has 3 aliphatic heterocycles. The minimum Gasteiger partial charge on any atom is -0.448 e. The number of hydrogen-bond acceptors (Lipinski definition) is 6. The molecule has 3 aromatic rings. The predicted octanol–water partition coefficient (Wildman–Crippen LogP) is 3.89. The lowest BCUT2D eigenvalue weighted by Crippen LogP contribution is -2.73. The SMILES string of the molecule is Cc1ocnc1C(=O)N1CC2(C1)CN(c1cncc(N3C(=O)c4ccc(Cl)cc4C3(C)C)c1)C2. The maximum absolute atomic E-state index is 13.3. The van der Waals surface area contributed by atoms with Crippen molar-refractivity contribution < 1.29 is 14.0 Å². The van der Waals surface area contributed by atoms with Gasteiger partial charge < -0.3 is 14.2 Å². The summed E-state index contributed by atoms with van der Waals surface area (Å²) in [7, 11) is 0. The number of carbonyl (C=O) groups is 2. The summed E-state index contributed by atoms with van der Waals surface area (Å²) in [6.07, 6.45) is 4.87. The van der Waals surface area contributed by atoms with Gasteiger partial charge in [-0.3, -0.25) is 19.5 Å². The van der Waals surface area contributed by atoms with Gasteiger partial charge in [0.25, 0.3) is 11.8 Å². The highest BCUT2D eigenvalue weighted by atomic mass is 35.5. The van der Waals surface area contributed by atoms with E-state index < -0.39 is 5.54 Å². The Morgan fingerprint density at radius 2 is 1.82 bits per heavy atom. The maximum atomic E-state index is 13.3. The maximum Gasteiger partial charge on any atom is 0.276 e. The summed E-state index contributed by atoms with van der Waals surface area (Å²) < 4.78 is 5.17. The van der Waals surface area contributed by atoms with Gasteiger partial charge in [-0.05, 0) is 50.6 Å². The van der Waals surface area contributed by atoms with E-state index in [0.717, 1.165) is 30.0 Å². The zero-order valence-corrected chi connectivity index (χ0v) is 20.0. The minimum absolute atomic E-state index is 0.0491. The Bertz CT molecular complexity index is 1340. The molecule has 0 bridgehead atoms. The van der Waals surface area contributed by atoms with Crippen LogP contribution in [0.25, 0.3) is 0 Å². The van der Waals surface area contributed by atoms with Gasteiger partial charge in [-0.25, -0.2) is 4.98 Å². The number of halogens is 1. The fourth-order valence-electron chi connectivity index (χ4n) is 5.57. The van der Waals surface area contributed by atoms with E-state index in [0.29, 0.717) is 35.1 Å². The average molecular weight is 478 g/mol. The summed E-state index contributed by atoms with van der Waals surface area (Å²) in [4.78, 5) is 40.2. The number of aryl methyl sites for hydroxylation is 1. The molecule has 1 spiro atoms. The molecule has 6 rings (SSSR count). The first-order valence-corrected chi connectivity index (χ1v) is 11.6. The number of anilines is 2. The number of nitrogens with zero attached hydrogens (tertiary/aromatic N) is 5. The zero-order chi connectivity index (χ0) is 23.8. The summed E-state index contributed by atoms with van der Waals surface area (Å²) in [5.74, 6) is 0.424. The average Bonchev–Trinajstić information content (AvgIpc) is 3.25. The van der Waals surface area contributed by atoms with Gasteiger partial charge in [0.15, 0.2) is 12.1 Å². The molecule has 0 saturated carbocycles. The van der Waals surface area contributed by atoms with E-state index >= 15 is 0 Å². The van der Waals surface area contributed by atoms with Crippen LogP contribution in [0, 0.1) is 12.3 Å². The lowest BCUT2D eigenvalue weighted by molar-refractivity contribution is -0.0109. The van der Waals surface area contributed by atoms with Gasteiger partial charge in [-0.1, -0.05) is 11.6 Å². The molecule has 1 aromatic carbocycles. The van der Waals surface area contributed by atoms with E-state index in [9.17, 15) is 9.59 Å². The van der Waals surface area contributed by atoms with Crippen LogP contribution in [0.4, 0.5) is 11.4 Å². The van der Waals surface area contributed by atoms with Gasteiger partial charge in [0, 0.05) is 42.2 Å². The summed E-state index contributed by atoms with van der Waals surface area (Å²) >= 11 is 6.22. The summed E-state index contributed by atoms with van der Waals surface area (Å²) in [6.45, 7) is 8.88. The van der Waals surface area contributed by atoms with Crippen LogP contribution in [0.3, 0.4) is 0 Å². The van der Waals surface area contributed by atoms with Crippen LogP contribution in [0.2, 0.25) is 5.02 Å². The smallest absolute Gasteiger partial charge is 0.276 e. The Hall–Kier alpha value is -3.39. The number of oxazole rings is 1.